The Morgan fingerprint density at radius 1 is 1.44 bits per heavy atom. The topological polar surface area (TPSA) is 32.6 Å². The van der Waals surface area contributed by atoms with Crippen LogP contribution in [0.4, 0.5) is 0 Å². The first-order valence-corrected chi connectivity index (χ1v) is 2.80. The van der Waals surface area contributed by atoms with Gasteiger partial charge in [0.15, 0.2) is 0 Å². The molecule has 50 valence electrons. The molecule has 0 aliphatic rings. The summed E-state index contributed by atoms with van der Waals surface area (Å²) in [5.41, 5.74) is 0. The van der Waals surface area contributed by atoms with Crippen LogP contribution in [-0.4, -0.2) is 18.4 Å². The lowest BCUT2D eigenvalue weighted by molar-refractivity contribution is 0.302. The monoisotopic (exact) mass is 125 g/mol. The van der Waals surface area contributed by atoms with Crippen LogP contribution < -0.4 is 0 Å². The summed E-state index contributed by atoms with van der Waals surface area (Å²) in [5, 5.41) is 8.31. The first kappa shape index (κ1) is 8.11. The van der Waals surface area contributed by atoms with Crippen molar-refractivity contribution < 1.29 is 5.11 Å². The third-order valence-corrected chi connectivity index (χ3v) is 0.734. The van der Waals surface area contributed by atoms with E-state index in [-0.39, 0.29) is 6.61 Å². The van der Waals surface area contributed by atoms with Crippen LogP contribution in [0, 0.1) is 0 Å². The van der Waals surface area contributed by atoms with Crippen molar-refractivity contribution >= 4 is 6.72 Å². The lowest BCUT2D eigenvalue weighted by atomic mass is 10.4. The van der Waals surface area contributed by atoms with E-state index >= 15 is 0 Å². The molecule has 2 heteroatoms. The average molecular weight is 125 g/mol. The molecule has 0 radical (unpaired) electrons. The minimum atomic E-state index is 0.200. The number of aliphatic hydroxyl groups is 1. The standard InChI is InChI=1S/C7H11NO/c1-8-6-4-2-3-5-7-9/h2-4,6,9H,1,5,7H2/b3-2-,6-4-. The van der Waals surface area contributed by atoms with Gasteiger partial charge in [0.1, 0.15) is 0 Å². The van der Waals surface area contributed by atoms with Crippen LogP contribution in [0.1, 0.15) is 6.42 Å². The Hall–Kier alpha value is -0.890. The van der Waals surface area contributed by atoms with Crippen molar-refractivity contribution in [1.82, 2.24) is 0 Å². The highest BCUT2D eigenvalue weighted by Gasteiger charge is 1.68. The van der Waals surface area contributed by atoms with Gasteiger partial charge < -0.3 is 5.11 Å². The molecule has 0 aliphatic heterocycles. The summed E-state index contributed by atoms with van der Waals surface area (Å²) in [5.74, 6) is 0. The highest BCUT2D eigenvalue weighted by atomic mass is 16.2. The van der Waals surface area contributed by atoms with Gasteiger partial charge in [-0.25, -0.2) is 0 Å². The van der Waals surface area contributed by atoms with Crippen LogP contribution >= 0.6 is 0 Å². The molecule has 0 aromatic carbocycles. The number of aliphatic imine (C=N–C) groups is 1. The first-order valence-electron chi connectivity index (χ1n) is 2.80. The molecule has 0 bridgehead atoms. The van der Waals surface area contributed by atoms with Crippen LogP contribution in [0.2, 0.25) is 0 Å². The van der Waals surface area contributed by atoms with Gasteiger partial charge >= 0.3 is 0 Å². The summed E-state index contributed by atoms with van der Waals surface area (Å²) in [6.45, 7) is 3.46. The van der Waals surface area contributed by atoms with Crippen LogP contribution in [0.3, 0.4) is 0 Å². The molecule has 0 saturated heterocycles. The van der Waals surface area contributed by atoms with Crippen molar-refractivity contribution in [2.75, 3.05) is 6.61 Å². The van der Waals surface area contributed by atoms with Crippen LogP contribution in [0.25, 0.3) is 0 Å². The predicted octanol–water partition coefficient (Wildman–Crippen LogP) is 1.14. The maximum Gasteiger partial charge on any atom is 0.0465 e. The molecular formula is C7H11NO. The summed E-state index contributed by atoms with van der Waals surface area (Å²) in [6, 6.07) is 0. The maximum atomic E-state index is 8.31. The Balaban J connectivity index is 3.23. The lowest BCUT2D eigenvalue weighted by Crippen LogP contribution is -1.73. The van der Waals surface area contributed by atoms with E-state index in [0.717, 1.165) is 0 Å². The van der Waals surface area contributed by atoms with Gasteiger partial charge in [-0.15, -0.1) is 0 Å². The minimum absolute atomic E-state index is 0.200. The number of hydrogen-bond acceptors (Lipinski definition) is 2. The van der Waals surface area contributed by atoms with Crippen molar-refractivity contribution in [1.29, 1.82) is 0 Å². The summed E-state index contributed by atoms with van der Waals surface area (Å²) in [6.07, 6.45) is 7.74. The minimum Gasteiger partial charge on any atom is -0.396 e. The maximum absolute atomic E-state index is 8.31. The molecule has 9 heavy (non-hydrogen) atoms. The molecule has 0 aromatic rings. The zero-order valence-corrected chi connectivity index (χ0v) is 5.33. The van der Waals surface area contributed by atoms with Crippen LogP contribution in [-0.2, 0) is 0 Å². The van der Waals surface area contributed by atoms with Gasteiger partial charge in [-0.3, -0.25) is 4.99 Å². The highest BCUT2D eigenvalue weighted by molar-refractivity contribution is 5.26. The van der Waals surface area contributed by atoms with E-state index in [0.29, 0.717) is 6.42 Å². The molecule has 1 N–H and O–H groups in total. The van der Waals surface area contributed by atoms with Gasteiger partial charge in [0, 0.05) is 12.8 Å². The Kier molecular flexibility index (Phi) is 6.41. The van der Waals surface area contributed by atoms with Gasteiger partial charge in [0.05, 0.1) is 0 Å². The van der Waals surface area contributed by atoms with Crippen LogP contribution in [0.15, 0.2) is 29.4 Å². The summed E-state index contributed by atoms with van der Waals surface area (Å²) in [4.78, 5) is 3.49. The Labute approximate surface area is 55.2 Å². The fraction of sp³-hybridized carbons (Fsp3) is 0.286. The van der Waals surface area contributed by atoms with E-state index in [1.165, 1.54) is 0 Å². The Morgan fingerprint density at radius 3 is 2.78 bits per heavy atom. The molecule has 0 heterocycles. The fourth-order valence-corrected chi connectivity index (χ4v) is 0.360. The molecule has 0 atom stereocenters. The average Bonchev–Trinajstić information content (AvgIpc) is 1.89. The second kappa shape index (κ2) is 7.11. The molecule has 0 unspecified atom stereocenters. The Morgan fingerprint density at radius 2 is 2.22 bits per heavy atom. The van der Waals surface area contributed by atoms with Crippen molar-refractivity contribution in [3.8, 4) is 0 Å². The van der Waals surface area contributed by atoms with Gasteiger partial charge in [-0.05, 0) is 19.2 Å². The van der Waals surface area contributed by atoms with E-state index in [9.17, 15) is 0 Å². The summed E-state index contributed by atoms with van der Waals surface area (Å²) >= 11 is 0. The van der Waals surface area contributed by atoms with E-state index < -0.39 is 0 Å². The zero-order chi connectivity index (χ0) is 6.95. The van der Waals surface area contributed by atoms with Gasteiger partial charge in [-0.1, -0.05) is 12.2 Å². The summed E-state index contributed by atoms with van der Waals surface area (Å²) < 4.78 is 0. The van der Waals surface area contributed by atoms with Crippen LogP contribution in [0.5, 0.6) is 0 Å². The van der Waals surface area contributed by atoms with Gasteiger partial charge in [0.2, 0.25) is 0 Å². The van der Waals surface area contributed by atoms with Crippen molar-refractivity contribution in [3.05, 3.63) is 24.4 Å². The Bertz CT molecular complexity index is 116. The largest absolute Gasteiger partial charge is 0.396 e. The number of aliphatic hydroxyl groups excluding tert-OH is 1. The smallest absolute Gasteiger partial charge is 0.0465 e. The molecule has 0 amide bonds. The van der Waals surface area contributed by atoms with Crippen molar-refractivity contribution in [3.63, 3.8) is 0 Å². The second-order valence-corrected chi connectivity index (χ2v) is 1.46. The van der Waals surface area contributed by atoms with Crippen molar-refractivity contribution in [2.45, 2.75) is 6.42 Å². The number of nitrogens with zero attached hydrogens (tertiary/aromatic N) is 1. The fourth-order valence-electron chi connectivity index (χ4n) is 0.360. The third kappa shape index (κ3) is 7.11. The number of allylic oxidation sites excluding steroid dienone is 2. The zero-order valence-electron chi connectivity index (χ0n) is 5.33. The second-order valence-electron chi connectivity index (χ2n) is 1.46. The van der Waals surface area contributed by atoms with E-state index in [4.69, 9.17) is 5.11 Å². The summed E-state index contributed by atoms with van der Waals surface area (Å²) in [7, 11) is 0. The molecule has 0 aromatic heterocycles. The molecule has 0 aliphatic carbocycles. The third-order valence-electron chi connectivity index (χ3n) is 0.734. The molecule has 2 nitrogen and oxygen atoms in total. The predicted molar refractivity (Wildman–Crippen MR) is 39.5 cm³/mol. The number of hydrogen-bond donors (Lipinski definition) is 1. The van der Waals surface area contributed by atoms with Gasteiger partial charge in [-0.2, -0.15) is 0 Å². The molecule has 0 fully saturated rings. The van der Waals surface area contributed by atoms with Crippen molar-refractivity contribution in [2.24, 2.45) is 4.99 Å². The quantitative estimate of drug-likeness (QED) is 0.443. The molecule has 0 spiro atoms. The van der Waals surface area contributed by atoms with E-state index in [2.05, 4.69) is 11.7 Å². The first-order chi connectivity index (χ1) is 4.41. The molecule has 0 saturated carbocycles. The normalized spacial score (nSPS) is 11.2. The molecular weight excluding hydrogens is 114 g/mol. The SMILES string of the molecule is C=N/C=C\C=C/CCO. The van der Waals surface area contributed by atoms with E-state index in [1.54, 1.807) is 12.3 Å². The highest BCUT2D eigenvalue weighted by Crippen LogP contribution is 1.81. The lowest BCUT2D eigenvalue weighted by Gasteiger charge is -1.78. The molecule has 0 rings (SSSR count). The van der Waals surface area contributed by atoms with Gasteiger partial charge in [0.25, 0.3) is 0 Å². The number of rotatable bonds is 4. The van der Waals surface area contributed by atoms with E-state index in [1.807, 2.05) is 12.2 Å².